The molecule has 4 N–H and O–H groups in total. The molecular weight excluding hydrogens is 202 g/mol. The van der Waals surface area contributed by atoms with E-state index in [1.54, 1.807) is 12.1 Å². The summed E-state index contributed by atoms with van der Waals surface area (Å²) >= 11 is 0. The van der Waals surface area contributed by atoms with E-state index in [2.05, 4.69) is 15.2 Å². The minimum Gasteiger partial charge on any atom is -0.384 e. The van der Waals surface area contributed by atoms with Crippen molar-refractivity contribution in [2.45, 2.75) is 0 Å². The first-order valence-electron chi connectivity index (χ1n) is 4.74. The fourth-order valence-corrected chi connectivity index (χ4v) is 1.17. The zero-order valence-corrected chi connectivity index (χ0v) is 8.54. The lowest BCUT2D eigenvalue weighted by Gasteiger charge is -1.98. The second kappa shape index (κ2) is 4.39. The standard InChI is InChI=1S/C11H11N5/c12-10-7-6-9(11(13)14-10)16-15-8-4-2-1-3-5-8/h1-7H,(H4,12,13,14)/b16-15-. The van der Waals surface area contributed by atoms with E-state index in [1.807, 2.05) is 30.3 Å². The van der Waals surface area contributed by atoms with Crippen molar-refractivity contribution in [3.63, 3.8) is 0 Å². The van der Waals surface area contributed by atoms with Crippen LogP contribution in [0.1, 0.15) is 0 Å². The zero-order valence-electron chi connectivity index (χ0n) is 8.54. The molecule has 0 spiro atoms. The average molecular weight is 213 g/mol. The summed E-state index contributed by atoms with van der Waals surface area (Å²) in [4.78, 5) is 3.89. The highest BCUT2D eigenvalue weighted by Crippen LogP contribution is 2.23. The Hall–Kier alpha value is -2.43. The second-order valence-electron chi connectivity index (χ2n) is 3.18. The minimum atomic E-state index is 0.277. The summed E-state index contributed by atoms with van der Waals surface area (Å²) in [5.74, 6) is 0.649. The molecule has 1 aromatic heterocycles. The van der Waals surface area contributed by atoms with Gasteiger partial charge in [0.25, 0.3) is 0 Å². The van der Waals surface area contributed by atoms with Gasteiger partial charge in [-0.25, -0.2) is 4.98 Å². The number of pyridine rings is 1. The van der Waals surface area contributed by atoms with Gasteiger partial charge in [-0.05, 0) is 24.3 Å². The molecule has 80 valence electrons. The first-order valence-corrected chi connectivity index (χ1v) is 4.74. The van der Waals surface area contributed by atoms with Gasteiger partial charge in [0, 0.05) is 0 Å². The van der Waals surface area contributed by atoms with Crippen LogP contribution in [0.4, 0.5) is 23.0 Å². The molecule has 0 unspecified atom stereocenters. The van der Waals surface area contributed by atoms with Gasteiger partial charge < -0.3 is 11.5 Å². The number of hydrogen-bond donors (Lipinski definition) is 2. The van der Waals surface area contributed by atoms with Crippen LogP contribution in [0.15, 0.2) is 52.7 Å². The molecule has 0 bridgehead atoms. The number of rotatable bonds is 2. The van der Waals surface area contributed by atoms with Crippen LogP contribution >= 0.6 is 0 Å². The summed E-state index contributed by atoms with van der Waals surface area (Å²) in [5.41, 5.74) is 12.4. The maximum Gasteiger partial charge on any atom is 0.153 e. The van der Waals surface area contributed by atoms with Crippen molar-refractivity contribution in [3.05, 3.63) is 42.5 Å². The summed E-state index contributed by atoms with van der Waals surface area (Å²) in [7, 11) is 0. The molecule has 0 radical (unpaired) electrons. The van der Waals surface area contributed by atoms with Crippen LogP contribution in [0, 0.1) is 0 Å². The molecule has 5 heteroatoms. The molecule has 0 saturated heterocycles. The fourth-order valence-electron chi connectivity index (χ4n) is 1.17. The van der Waals surface area contributed by atoms with Gasteiger partial charge in [0.15, 0.2) is 5.82 Å². The predicted octanol–water partition coefficient (Wildman–Crippen LogP) is 2.66. The number of nitrogens with two attached hydrogens (primary N) is 2. The van der Waals surface area contributed by atoms with Crippen LogP contribution < -0.4 is 11.5 Å². The summed E-state index contributed by atoms with van der Waals surface area (Å²) < 4.78 is 0. The smallest absolute Gasteiger partial charge is 0.153 e. The molecule has 2 aromatic rings. The van der Waals surface area contributed by atoms with E-state index in [0.29, 0.717) is 11.5 Å². The van der Waals surface area contributed by atoms with E-state index in [1.165, 1.54) is 0 Å². The summed E-state index contributed by atoms with van der Waals surface area (Å²) in [6.07, 6.45) is 0. The summed E-state index contributed by atoms with van der Waals surface area (Å²) in [5, 5.41) is 8.03. The molecular formula is C11H11N5. The number of aromatic nitrogens is 1. The lowest BCUT2D eigenvalue weighted by molar-refractivity contribution is 1.21. The van der Waals surface area contributed by atoms with Gasteiger partial charge in [0.1, 0.15) is 11.5 Å². The Balaban J connectivity index is 2.24. The maximum atomic E-state index is 5.64. The van der Waals surface area contributed by atoms with Crippen molar-refractivity contribution >= 4 is 23.0 Å². The van der Waals surface area contributed by atoms with Crippen molar-refractivity contribution in [1.82, 2.24) is 4.98 Å². The third-order valence-corrected chi connectivity index (χ3v) is 1.95. The van der Waals surface area contributed by atoms with E-state index in [-0.39, 0.29) is 5.82 Å². The summed E-state index contributed by atoms with van der Waals surface area (Å²) in [6, 6.07) is 12.7. The number of hydrogen-bond acceptors (Lipinski definition) is 5. The van der Waals surface area contributed by atoms with Crippen molar-refractivity contribution in [3.8, 4) is 0 Å². The molecule has 1 aromatic carbocycles. The zero-order chi connectivity index (χ0) is 11.4. The molecule has 1 heterocycles. The Morgan fingerprint density at radius 3 is 2.31 bits per heavy atom. The SMILES string of the molecule is Nc1ccc(/N=N\c2ccccc2)c(N)n1. The first kappa shape index (κ1) is 10.1. The molecule has 16 heavy (non-hydrogen) atoms. The number of nitrogens with zero attached hydrogens (tertiary/aromatic N) is 3. The highest BCUT2D eigenvalue weighted by molar-refractivity contribution is 5.60. The van der Waals surface area contributed by atoms with Crippen LogP contribution in [-0.2, 0) is 0 Å². The van der Waals surface area contributed by atoms with Crippen LogP contribution in [0.2, 0.25) is 0 Å². The molecule has 0 aliphatic carbocycles. The van der Waals surface area contributed by atoms with Crippen LogP contribution in [-0.4, -0.2) is 4.98 Å². The Labute approximate surface area is 92.8 Å². The molecule has 0 atom stereocenters. The quantitative estimate of drug-likeness (QED) is 0.751. The van der Waals surface area contributed by atoms with Gasteiger partial charge in [-0.1, -0.05) is 18.2 Å². The van der Waals surface area contributed by atoms with Gasteiger partial charge in [-0.2, -0.15) is 5.11 Å². The molecule has 5 nitrogen and oxygen atoms in total. The van der Waals surface area contributed by atoms with Crippen molar-refractivity contribution in [1.29, 1.82) is 0 Å². The normalized spacial score (nSPS) is 10.8. The van der Waals surface area contributed by atoms with E-state index in [9.17, 15) is 0 Å². The van der Waals surface area contributed by atoms with Crippen LogP contribution in [0.5, 0.6) is 0 Å². The first-order chi connectivity index (χ1) is 7.75. The number of benzene rings is 1. The molecule has 0 amide bonds. The Morgan fingerprint density at radius 1 is 0.875 bits per heavy atom. The highest BCUT2D eigenvalue weighted by Gasteiger charge is 1.98. The number of anilines is 2. The van der Waals surface area contributed by atoms with Crippen molar-refractivity contribution in [2.75, 3.05) is 11.5 Å². The number of nitrogen functional groups attached to an aromatic ring is 2. The number of azo groups is 1. The molecule has 0 aliphatic heterocycles. The molecule has 2 rings (SSSR count). The van der Waals surface area contributed by atoms with Crippen LogP contribution in [0.3, 0.4) is 0 Å². The second-order valence-corrected chi connectivity index (χ2v) is 3.18. The average Bonchev–Trinajstić information content (AvgIpc) is 2.29. The highest BCUT2D eigenvalue weighted by atomic mass is 15.1. The Morgan fingerprint density at radius 2 is 1.62 bits per heavy atom. The monoisotopic (exact) mass is 213 g/mol. The molecule has 0 fully saturated rings. The largest absolute Gasteiger partial charge is 0.384 e. The predicted molar refractivity (Wildman–Crippen MR) is 63.7 cm³/mol. The van der Waals surface area contributed by atoms with Crippen molar-refractivity contribution in [2.24, 2.45) is 10.2 Å². The van der Waals surface area contributed by atoms with Crippen LogP contribution in [0.25, 0.3) is 0 Å². The molecule has 0 saturated carbocycles. The van der Waals surface area contributed by atoms with E-state index in [0.717, 1.165) is 5.69 Å². The Kier molecular flexibility index (Phi) is 2.77. The lowest BCUT2D eigenvalue weighted by Crippen LogP contribution is -1.95. The maximum absolute atomic E-state index is 5.64. The van der Waals surface area contributed by atoms with Gasteiger partial charge in [0.2, 0.25) is 0 Å². The van der Waals surface area contributed by atoms with Gasteiger partial charge >= 0.3 is 0 Å². The lowest BCUT2D eigenvalue weighted by atomic mass is 10.3. The van der Waals surface area contributed by atoms with Crippen molar-refractivity contribution < 1.29 is 0 Å². The fraction of sp³-hybridized carbons (Fsp3) is 0. The third kappa shape index (κ3) is 2.33. The van der Waals surface area contributed by atoms with Gasteiger partial charge in [0.05, 0.1) is 5.69 Å². The Bertz CT molecular complexity index is 507. The molecule has 0 aliphatic rings. The van der Waals surface area contributed by atoms with Gasteiger partial charge in [-0.3, -0.25) is 0 Å². The van der Waals surface area contributed by atoms with Gasteiger partial charge in [-0.15, -0.1) is 5.11 Å². The van der Waals surface area contributed by atoms with E-state index in [4.69, 9.17) is 11.5 Å². The third-order valence-electron chi connectivity index (χ3n) is 1.95. The minimum absolute atomic E-state index is 0.277. The topological polar surface area (TPSA) is 89.6 Å². The van der Waals surface area contributed by atoms with E-state index < -0.39 is 0 Å². The van der Waals surface area contributed by atoms with E-state index >= 15 is 0 Å². The summed E-state index contributed by atoms with van der Waals surface area (Å²) in [6.45, 7) is 0.